The van der Waals surface area contributed by atoms with Gasteiger partial charge in [-0.25, -0.2) is 4.79 Å². The monoisotopic (exact) mass is 330 g/mol. The number of aliphatic hydroxyl groups is 1. The first-order valence-electron chi connectivity index (χ1n) is 8.15. The Kier molecular flexibility index (Phi) is 2.41. The first-order valence-corrected chi connectivity index (χ1v) is 8.15. The van der Waals surface area contributed by atoms with Crippen molar-refractivity contribution in [1.29, 1.82) is 0 Å². The number of ether oxygens (including phenoxy) is 3. The zero-order valence-corrected chi connectivity index (χ0v) is 13.4. The number of aliphatic hydroxyl groups excluding tert-OH is 1. The van der Waals surface area contributed by atoms with Gasteiger partial charge >= 0.3 is 11.9 Å². The molecule has 0 radical (unpaired) electrons. The zero-order valence-electron chi connectivity index (χ0n) is 13.4. The Balaban J connectivity index is 1.78. The molecule has 2 saturated heterocycles. The molecule has 24 heavy (non-hydrogen) atoms. The van der Waals surface area contributed by atoms with Gasteiger partial charge in [-0.2, -0.15) is 0 Å². The predicted molar refractivity (Wildman–Crippen MR) is 80.5 cm³/mol. The zero-order chi connectivity index (χ0) is 17.0. The van der Waals surface area contributed by atoms with Crippen LogP contribution in [0.15, 0.2) is 36.0 Å². The van der Waals surface area contributed by atoms with Crippen molar-refractivity contribution >= 4 is 11.9 Å². The molecule has 6 nitrogen and oxygen atoms in total. The number of epoxide rings is 1. The molecule has 5 rings (SSSR count). The molecule has 3 fully saturated rings. The van der Waals surface area contributed by atoms with E-state index in [4.69, 9.17) is 14.2 Å². The van der Waals surface area contributed by atoms with Gasteiger partial charge in [0.05, 0.1) is 12.2 Å². The van der Waals surface area contributed by atoms with Gasteiger partial charge in [-0.3, -0.25) is 4.79 Å². The standard InChI is InChI=1S/C18H18O6/c1-4-9-7-5-10-13-17(2,8(7)6-11(19)22-9)15-12(24-15)14(20)18(13,3)16(21)23-10/h4-6,9-10,12-15,20H,1H2,2-3H3/t9-,10+,12-,13-,14+,15-,17-,18-/m1/s1. The summed E-state index contributed by atoms with van der Waals surface area (Å²) in [4.78, 5) is 24.7. The Morgan fingerprint density at radius 1 is 1.25 bits per heavy atom. The molecule has 0 aromatic heterocycles. The number of fused-ring (bicyclic) bond motifs is 4. The summed E-state index contributed by atoms with van der Waals surface area (Å²) < 4.78 is 16.7. The third-order valence-corrected chi connectivity index (χ3v) is 6.61. The highest BCUT2D eigenvalue weighted by atomic mass is 16.6. The molecule has 0 bridgehead atoms. The molecule has 2 aliphatic carbocycles. The van der Waals surface area contributed by atoms with E-state index in [0.717, 1.165) is 11.1 Å². The van der Waals surface area contributed by atoms with E-state index >= 15 is 0 Å². The Bertz CT molecular complexity index is 765. The molecule has 8 atom stereocenters. The summed E-state index contributed by atoms with van der Waals surface area (Å²) in [5.41, 5.74) is -0.0320. The van der Waals surface area contributed by atoms with Crippen molar-refractivity contribution in [2.45, 2.75) is 44.4 Å². The van der Waals surface area contributed by atoms with Crippen LogP contribution < -0.4 is 0 Å². The van der Waals surface area contributed by atoms with Crippen molar-refractivity contribution in [2.24, 2.45) is 16.7 Å². The molecule has 1 saturated carbocycles. The van der Waals surface area contributed by atoms with Gasteiger partial charge in [0.1, 0.15) is 23.7 Å². The summed E-state index contributed by atoms with van der Waals surface area (Å²) >= 11 is 0. The van der Waals surface area contributed by atoms with Crippen LogP contribution in [0.1, 0.15) is 13.8 Å². The van der Waals surface area contributed by atoms with Crippen LogP contribution in [0.25, 0.3) is 0 Å². The molecule has 5 aliphatic rings. The fourth-order valence-corrected chi connectivity index (χ4v) is 5.45. The van der Waals surface area contributed by atoms with E-state index in [2.05, 4.69) is 6.58 Å². The summed E-state index contributed by atoms with van der Waals surface area (Å²) in [6, 6.07) is 0. The molecule has 126 valence electrons. The van der Waals surface area contributed by atoms with Gasteiger partial charge in [-0.05, 0) is 24.6 Å². The summed E-state index contributed by atoms with van der Waals surface area (Å²) in [6.07, 6.45) is 2.30. The number of carbonyl (C=O) groups excluding carboxylic acids is 2. The van der Waals surface area contributed by atoms with E-state index in [1.165, 1.54) is 6.08 Å². The summed E-state index contributed by atoms with van der Waals surface area (Å²) in [5, 5.41) is 10.7. The molecule has 3 heterocycles. The molecule has 0 aromatic rings. The predicted octanol–water partition coefficient (Wildman–Crippen LogP) is 0.660. The molecule has 3 aliphatic heterocycles. The Labute approximate surface area is 138 Å². The van der Waals surface area contributed by atoms with Crippen LogP contribution in [-0.4, -0.2) is 47.6 Å². The lowest BCUT2D eigenvalue weighted by Gasteiger charge is -2.51. The molecular weight excluding hydrogens is 312 g/mol. The minimum absolute atomic E-state index is 0.242. The van der Waals surface area contributed by atoms with Crippen LogP contribution in [0, 0.1) is 16.7 Å². The molecule has 6 heteroatoms. The average Bonchev–Trinajstić information content (AvgIpc) is 3.29. The number of cyclic esters (lactones) is 1. The van der Waals surface area contributed by atoms with Gasteiger partial charge in [0.15, 0.2) is 0 Å². The summed E-state index contributed by atoms with van der Waals surface area (Å²) in [5.74, 6) is -1.13. The maximum Gasteiger partial charge on any atom is 0.331 e. The maximum atomic E-state index is 12.6. The van der Waals surface area contributed by atoms with E-state index in [1.54, 1.807) is 13.0 Å². The van der Waals surface area contributed by atoms with Crippen LogP contribution in [0.5, 0.6) is 0 Å². The number of hydrogen-bond donors (Lipinski definition) is 1. The minimum Gasteiger partial charge on any atom is -0.457 e. The largest absolute Gasteiger partial charge is 0.457 e. The third kappa shape index (κ3) is 1.33. The van der Waals surface area contributed by atoms with Gasteiger partial charge in [0.25, 0.3) is 0 Å². The van der Waals surface area contributed by atoms with Crippen molar-refractivity contribution < 1.29 is 28.9 Å². The fraction of sp³-hybridized carbons (Fsp3) is 0.556. The van der Waals surface area contributed by atoms with Crippen LogP contribution in [-0.2, 0) is 23.8 Å². The van der Waals surface area contributed by atoms with Gasteiger partial charge in [-0.1, -0.05) is 13.5 Å². The number of esters is 2. The van der Waals surface area contributed by atoms with Crippen LogP contribution in [0.3, 0.4) is 0 Å². The highest BCUT2D eigenvalue weighted by Crippen LogP contribution is 2.69. The highest BCUT2D eigenvalue weighted by Gasteiger charge is 2.78. The lowest BCUT2D eigenvalue weighted by molar-refractivity contribution is -0.154. The second kappa shape index (κ2) is 4.00. The van der Waals surface area contributed by atoms with Crippen LogP contribution in [0.2, 0.25) is 0 Å². The Morgan fingerprint density at radius 3 is 2.71 bits per heavy atom. The van der Waals surface area contributed by atoms with E-state index in [0.29, 0.717) is 0 Å². The minimum atomic E-state index is -1.05. The molecule has 1 N–H and O–H groups in total. The molecule has 0 unspecified atom stereocenters. The number of carbonyl (C=O) groups is 2. The normalized spacial score (nSPS) is 53.6. The number of hydrogen-bond acceptors (Lipinski definition) is 6. The lowest BCUT2D eigenvalue weighted by atomic mass is 9.49. The SMILES string of the molecule is C=C[C@H]1OC(=O)C=C2C1=C[C@@H]1OC(=O)[C@]3(C)[C@H]1[C@]2(C)[C@@H]1O[C@@H]1[C@@H]3O. The van der Waals surface area contributed by atoms with Gasteiger partial charge in [-0.15, -0.1) is 0 Å². The molecule has 0 spiro atoms. The Morgan fingerprint density at radius 2 is 2.00 bits per heavy atom. The topological polar surface area (TPSA) is 85.4 Å². The maximum absolute atomic E-state index is 12.6. The summed E-state index contributed by atoms with van der Waals surface area (Å²) in [6.45, 7) is 7.49. The smallest absolute Gasteiger partial charge is 0.331 e. The Hall–Kier alpha value is -1.92. The van der Waals surface area contributed by atoms with Crippen molar-refractivity contribution in [1.82, 2.24) is 0 Å². The molecule has 0 aromatic carbocycles. The van der Waals surface area contributed by atoms with E-state index in [9.17, 15) is 14.7 Å². The highest BCUT2D eigenvalue weighted by molar-refractivity contribution is 5.88. The average molecular weight is 330 g/mol. The van der Waals surface area contributed by atoms with Crippen LogP contribution >= 0.6 is 0 Å². The van der Waals surface area contributed by atoms with E-state index in [-0.39, 0.29) is 12.0 Å². The van der Waals surface area contributed by atoms with Crippen LogP contribution in [0.4, 0.5) is 0 Å². The second-order valence-electron chi connectivity index (χ2n) is 7.65. The first-order chi connectivity index (χ1) is 11.3. The van der Waals surface area contributed by atoms with Crippen molar-refractivity contribution in [3.05, 3.63) is 36.0 Å². The van der Waals surface area contributed by atoms with E-state index in [1.807, 2.05) is 13.0 Å². The van der Waals surface area contributed by atoms with Crippen molar-refractivity contribution in [3.8, 4) is 0 Å². The quantitative estimate of drug-likeness (QED) is 0.432. The van der Waals surface area contributed by atoms with E-state index < -0.39 is 47.2 Å². The lowest BCUT2D eigenvalue weighted by Crippen LogP contribution is -2.60. The van der Waals surface area contributed by atoms with Crippen molar-refractivity contribution in [2.75, 3.05) is 0 Å². The fourth-order valence-electron chi connectivity index (χ4n) is 5.45. The van der Waals surface area contributed by atoms with Gasteiger partial charge in [0.2, 0.25) is 0 Å². The third-order valence-electron chi connectivity index (χ3n) is 6.61. The van der Waals surface area contributed by atoms with Gasteiger partial charge < -0.3 is 19.3 Å². The molecule has 0 amide bonds. The molecular formula is C18H18O6. The first kappa shape index (κ1) is 14.4. The van der Waals surface area contributed by atoms with Crippen molar-refractivity contribution in [3.63, 3.8) is 0 Å². The summed E-state index contributed by atoms with van der Waals surface area (Å²) in [7, 11) is 0. The second-order valence-corrected chi connectivity index (χ2v) is 7.65. The number of rotatable bonds is 1. The van der Waals surface area contributed by atoms with Gasteiger partial charge in [0, 0.05) is 23.0 Å².